The van der Waals surface area contributed by atoms with E-state index in [4.69, 9.17) is 15.2 Å². The number of carbonyl (C=O) groups is 2. The number of fused-ring (bicyclic) bond motifs is 3. The van der Waals surface area contributed by atoms with E-state index in [1.807, 2.05) is 12.1 Å². The standard InChI is InChI=1S/C26H30N2O4/c1-16-11-12-17(2)18(13-16)14-28-20-8-5-4-7-19(26(27)30)24(20)25-21(28)9-6-10-22(25)32-15-23(29)31-3/h6,9-13,19H,4-5,7-8,14-15H2,1-3H3,(H2,27,30). The van der Waals surface area contributed by atoms with Crippen LogP contribution in [0, 0.1) is 13.8 Å². The lowest BCUT2D eigenvalue weighted by molar-refractivity contribution is -0.142. The Morgan fingerprint density at radius 2 is 1.97 bits per heavy atom. The molecule has 0 bridgehead atoms. The van der Waals surface area contributed by atoms with E-state index in [1.54, 1.807) is 0 Å². The van der Waals surface area contributed by atoms with Crippen molar-refractivity contribution >= 4 is 22.8 Å². The monoisotopic (exact) mass is 434 g/mol. The van der Waals surface area contributed by atoms with E-state index in [9.17, 15) is 9.59 Å². The predicted molar refractivity (Wildman–Crippen MR) is 124 cm³/mol. The first kappa shape index (κ1) is 21.9. The first-order valence-electron chi connectivity index (χ1n) is 11.1. The van der Waals surface area contributed by atoms with Crippen LogP contribution >= 0.6 is 0 Å². The summed E-state index contributed by atoms with van der Waals surface area (Å²) in [5.41, 5.74) is 12.6. The van der Waals surface area contributed by atoms with Gasteiger partial charge < -0.3 is 19.8 Å². The highest BCUT2D eigenvalue weighted by molar-refractivity contribution is 5.97. The van der Waals surface area contributed by atoms with Crippen LogP contribution in [0.2, 0.25) is 0 Å². The zero-order valence-corrected chi connectivity index (χ0v) is 18.9. The van der Waals surface area contributed by atoms with Gasteiger partial charge in [0.25, 0.3) is 0 Å². The van der Waals surface area contributed by atoms with E-state index in [1.165, 1.54) is 23.8 Å². The number of nitrogens with two attached hydrogens (primary N) is 1. The maximum atomic E-state index is 12.5. The molecule has 168 valence electrons. The number of hydrogen-bond acceptors (Lipinski definition) is 4. The Balaban J connectivity index is 1.94. The number of primary amides is 1. The number of methoxy groups -OCH3 is 1. The molecule has 1 atom stereocenters. The number of rotatable bonds is 6. The van der Waals surface area contributed by atoms with Crippen LogP contribution in [-0.2, 0) is 27.3 Å². The molecule has 1 unspecified atom stereocenters. The third-order valence-electron chi connectivity index (χ3n) is 6.46. The van der Waals surface area contributed by atoms with Gasteiger partial charge >= 0.3 is 5.97 Å². The van der Waals surface area contributed by atoms with Gasteiger partial charge in [0.2, 0.25) is 5.91 Å². The van der Waals surface area contributed by atoms with Gasteiger partial charge in [-0.15, -0.1) is 0 Å². The molecule has 1 amide bonds. The number of amides is 1. The molecule has 32 heavy (non-hydrogen) atoms. The molecular weight excluding hydrogens is 404 g/mol. The van der Waals surface area contributed by atoms with Gasteiger partial charge in [-0.3, -0.25) is 4.79 Å². The summed E-state index contributed by atoms with van der Waals surface area (Å²) in [4.78, 5) is 24.2. The first-order chi connectivity index (χ1) is 15.4. The van der Waals surface area contributed by atoms with Gasteiger partial charge in [-0.2, -0.15) is 0 Å². The van der Waals surface area contributed by atoms with Gasteiger partial charge in [0.1, 0.15) is 5.75 Å². The Labute approximate surface area is 188 Å². The molecule has 2 aromatic carbocycles. The number of ether oxygens (including phenoxy) is 2. The topological polar surface area (TPSA) is 83.6 Å². The van der Waals surface area contributed by atoms with Crippen molar-refractivity contribution in [3.8, 4) is 5.75 Å². The van der Waals surface area contributed by atoms with Gasteiger partial charge in [0.05, 0.1) is 18.5 Å². The normalized spacial score (nSPS) is 15.8. The third-order valence-corrected chi connectivity index (χ3v) is 6.46. The molecule has 0 radical (unpaired) electrons. The van der Waals surface area contributed by atoms with Crippen molar-refractivity contribution in [3.63, 3.8) is 0 Å². The molecule has 1 aliphatic rings. The Kier molecular flexibility index (Phi) is 6.21. The molecule has 0 saturated heterocycles. The number of esters is 1. The predicted octanol–water partition coefficient (Wildman–Crippen LogP) is 4.15. The van der Waals surface area contributed by atoms with Crippen molar-refractivity contribution in [2.45, 2.75) is 52.0 Å². The summed E-state index contributed by atoms with van der Waals surface area (Å²) in [7, 11) is 1.34. The van der Waals surface area contributed by atoms with Crippen LogP contribution in [0.3, 0.4) is 0 Å². The fourth-order valence-corrected chi connectivity index (χ4v) is 4.80. The van der Waals surface area contributed by atoms with E-state index in [2.05, 4.69) is 42.7 Å². The number of aromatic nitrogens is 1. The van der Waals surface area contributed by atoms with Gasteiger partial charge in [-0.1, -0.05) is 36.2 Å². The SMILES string of the molecule is COC(=O)COc1cccc2c1c1c(n2Cc2cc(C)ccc2C)CCCCC1C(N)=O. The van der Waals surface area contributed by atoms with Crippen molar-refractivity contribution in [1.82, 2.24) is 4.57 Å². The lowest BCUT2D eigenvalue weighted by Gasteiger charge is -2.15. The van der Waals surface area contributed by atoms with E-state index in [0.717, 1.165) is 47.8 Å². The first-order valence-corrected chi connectivity index (χ1v) is 11.1. The lowest BCUT2D eigenvalue weighted by Crippen LogP contribution is -2.22. The number of benzene rings is 2. The summed E-state index contributed by atoms with van der Waals surface area (Å²) in [5, 5.41) is 0.877. The number of nitrogens with zero attached hydrogens (tertiary/aromatic N) is 1. The van der Waals surface area contributed by atoms with Crippen molar-refractivity contribution in [2.24, 2.45) is 5.73 Å². The minimum Gasteiger partial charge on any atom is -0.481 e. The summed E-state index contributed by atoms with van der Waals surface area (Å²) >= 11 is 0. The van der Waals surface area contributed by atoms with Crippen LogP contribution in [-0.4, -0.2) is 30.2 Å². The molecule has 0 spiro atoms. The van der Waals surface area contributed by atoms with Crippen molar-refractivity contribution < 1.29 is 19.1 Å². The summed E-state index contributed by atoms with van der Waals surface area (Å²) in [6, 6.07) is 12.3. The lowest BCUT2D eigenvalue weighted by atomic mass is 9.92. The highest BCUT2D eigenvalue weighted by atomic mass is 16.6. The van der Waals surface area contributed by atoms with Gasteiger partial charge in [-0.05, 0) is 61.9 Å². The van der Waals surface area contributed by atoms with Gasteiger partial charge in [0, 0.05) is 17.6 Å². The molecule has 0 saturated carbocycles. The van der Waals surface area contributed by atoms with Crippen LogP contribution in [0.15, 0.2) is 36.4 Å². The average molecular weight is 435 g/mol. The maximum absolute atomic E-state index is 12.5. The minimum absolute atomic E-state index is 0.187. The Hall–Kier alpha value is -3.28. The average Bonchev–Trinajstić information content (AvgIpc) is 2.93. The molecule has 1 aliphatic carbocycles. The van der Waals surface area contributed by atoms with E-state index >= 15 is 0 Å². The minimum atomic E-state index is -0.450. The number of hydrogen-bond donors (Lipinski definition) is 1. The van der Waals surface area contributed by atoms with Gasteiger partial charge in [0.15, 0.2) is 6.61 Å². The molecule has 6 heteroatoms. The summed E-state index contributed by atoms with van der Waals surface area (Å²) in [6.45, 7) is 4.73. The van der Waals surface area contributed by atoms with E-state index < -0.39 is 5.97 Å². The zero-order chi connectivity index (χ0) is 22.8. The van der Waals surface area contributed by atoms with Crippen LogP contribution < -0.4 is 10.5 Å². The highest BCUT2D eigenvalue weighted by Crippen LogP contribution is 2.42. The molecule has 0 aliphatic heterocycles. The fraction of sp³-hybridized carbons (Fsp3) is 0.385. The largest absolute Gasteiger partial charge is 0.481 e. The second-order valence-electron chi connectivity index (χ2n) is 8.59. The molecule has 1 aromatic heterocycles. The van der Waals surface area contributed by atoms with E-state index in [-0.39, 0.29) is 18.4 Å². The van der Waals surface area contributed by atoms with Crippen LogP contribution in [0.1, 0.15) is 53.1 Å². The quantitative estimate of drug-likeness (QED) is 0.467. The molecule has 4 rings (SSSR count). The second kappa shape index (κ2) is 9.07. The van der Waals surface area contributed by atoms with Crippen LogP contribution in [0.4, 0.5) is 0 Å². The summed E-state index contributed by atoms with van der Waals surface area (Å²) in [6.07, 6.45) is 3.53. The van der Waals surface area contributed by atoms with Crippen molar-refractivity contribution in [1.29, 1.82) is 0 Å². The van der Waals surface area contributed by atoms with E-state index in [0.29, 0.717) is 12.3 Å². The number of aryl methyl sites for hydroxylation is 2. The molecule has 1 heterocycles. The second-order valence-corrected chi connectivity index (χ2v) is 8.59. The molecule has 0 fully saturated rings. The Morgan fingerprint density at radius 3 is 2.72 bits per heavy atom. The number of carbonyl (C=O) groups excluding carboxylic acids is 2. The van der Waals surface area contributed by atoms with Crippen LogP contribution in [0.25, 0.3) is 10.9 Å². The highest BCUT2D eigenvalue weighted by Gasteiger charge is 2.31. The smallest absolute Gasteiger partial charge is 0.343 e. The fourth-order valence-electron chi connectivity index (χ4n) is 4.80. The molecular formula is C26H30N2O4. The van der Waals surface area contributed by atoms with Crippen LogP contribution in [0.5, 0.6) is 5.75 Å². The van der Waals surface area contributed by atoms with Crippen molar-refractivity contribution in [2.75, 3.05) is 13.7 Å². The molecule has 2 N–H and O–H groups in total. The zero-order valence-electron chi connectivity index (χ0n) is 18.9. The molecule has 3 aromatic rings. The maximum Gasteiger partial charge on any atom is 0.343 e. The van der Waals surface area contributed by atoms with Crippen molar-refractivity contribution in [3.05, 3.63) is 64.3 Å². The van der Waals surface area contributed by atoms with Gasteiger partial charge in [-0.25, -0.2) is 4.79 Å². The third kappa shape index (κ3) is 4.09. The summed E-state index contributed by atoms with van der Waals surface area (Å²) < 4.78 is 12.9. The molecule has 6 nitrogen and oxygen atoms in total. The Morgan fingerprint density at radius 1 is 1.16 bits per heavy atom. The summed E-state index contributed by atoms with van der Waals surface area (Å²) in [5.74, 6) is -0.564. The Bertz CT molecular complexity index is 1180.